The molecule has 0 aliphatic rings. The molecule has 0 heterocycles. The summed E-state index contributed by atoms with van der Waals surface area (Å²) in [6, 6.07) is 17.3. The highest BCUT2D eigenvalue weighted by atomic mass is 16.2. The third kappa shape index (κ3) is 5.70. The molecular formula is C21H27N3O2. The van der Waals surface area contributed by atoms with Gasteiger partial charge >= 0.3 is 0 Å². The van der Waals surface area contributed by atoms with Gasteiger partial charge in [0, 0.05) is 18.2 Å². The molecule has 2 amide bonds. The van der Waals surface area contributed by atoms with E-state index in [0.29, 0.717) is 12.1 Å². The summed E-state index contributed by atoms with van der Waals surface area (Å²) in [7, 11) is 0. The summed E-state index contributed by atoms with van der Waals surface area (Å²) in [4.78, 5) is 25.4. The number of rotatable bonds is 9. The van der Waals surface area contributed by atoms with Crippen molar-refractivity contribution in [2.45, 2.75) is 38.3 Å². The van der Waals surface area contributed by atoms with Crippen LogP contribution in [0.4, 0.5) is 0 Å². The van der Waals surface area contributed by atoms with Gasteiger partial charge in [0.25, 0.3) is 5.91 Å². The van der Waals surface area contributed by atoms with Crippen molar-refractivity contribution < 1.29 is 9.59 Å². The summed E-state index contributed by atoms with van der Waals surface area (Å²) < 4.78 is 0. The lowest BCUT2D eigenvalue weighted by Gasteiger charge is -2.23. The molecule has 4 N–H and O–H groups in total. The Balaban J connectivity index is 2.16. The van der Waals surface area contributed by atoms with E-state index in [-0.39, 0.29) is 17.9 Å². The molecule has 2 unspecified atom stereocenters. The first-order chi connectivity index (χ1) is 12.7. The minimum absolute atomic E-state index is 0.0951. The highest BCUT2D eigenvalue weighted by Crippen LogP contribution is 2.15. The van der Waals surface area contributed by atoms with E-state index in [1.807, 2.05) is 36.4 Å². The number of unbranched alkanes of at least 4 members (excludes halogenated alkanes) is 1. The summed E-state index contributed by atoms with van der Waals surface area (Å²) >= 11 is 0. The molecule has 0 aromatic heterocycles. The number of nitrogens with one attached hydrogen (secondary N) is 2. The molecule has 0 saturated carbocycles. The van der Waals surface area contributed by atoms with Crippen molar-refractivity contribution in [2.75, 3.05) is 6.54 Å². The smallest absolute Gasteiger partial charge is 0.252 e. The van der Waals surface area contributed by atoms with E-state index >= 15 is 0 Å². The Morgan fingerprint density at radius 1 is 0.962 bits per heavy atom. The number of carbonyl (C=O) groups is 2. The summed E-state index contributed by atoms with van der Waals surface area (Å²) in [6.45, 7) is 2.47. The van der Waals surface area contributed by atoms with E-state index in [9.17, 15) is 9.59 Å². The maximum atomic E-state index is 12.9. The summed E-state index contributed by atoms with van der Waals surface area (Å²) in [5, 5.41) is 5.82. The molecule has 5 nitrogen and oxygen atoms in total. The number of nitrogens with two attached hydrogens (primary N) is 1. The van der Waals surface area contributed by atoms with Crippen LogP contribution in [0.2, 0.25) is 0 Å². The van der Waals surface area contributed by atoms with Crippen molar-refractivity contribution in [1.82, 2.24) is 10.6 Å². The average molecular weight is 353 g/mol. The van der Waals surface area contributed by atoms with Crippen molar-refractivity contribution >= 4 is 11.8 Å². The van der Waals surface area contributed by atoms with Crippen LogP contribution in [-0.4, -0.2) is 24.4 Å². The quantitative estimate of drug-likeness (QED) is 0.648. The zero-order valence-corrected chi connectivity index (χ0v) is 15.2. The summed E-state index contributed by atoms with van der Waals surface area (Å²) in [5.41, 5.74) is 7.04. The first-order valence-electron chi connectivity index (χ1n) is 9.07. The molecule has 2 rings (SSSR count). The highest BCUT2D eigenvalue weighted by Gasteiger charge is 2.24. The second-order valence-electron chi connectivity index (χ2n) is 6.27. The number of benzene rings is 2. The number of hydrogen-bond acceptors (Lipinski definition) is 3. The average Bonchev–Trinajstić information content (AvgIpc) is 2.70. The van der Waals surface area contributed by atoms with Gasteiger partial charge in [-0.2, -0.15) is 0 Å². The lowest BCUT2D eigenvalue weighted by atomic mass is 10.0. The molecule has 2 aromatic rings. The van der Waals surface area contributed by atoms with Crippen molar-refractivity contribution in [2.24, 2.45) is 5.73 Å². The van der Waals surface area contributed by atoms with Crippen LogP contribution in [0.3, 0.4) is 0 Å². The molecular weight excluding hydrogens is 326 g/mol. The molecule has 0 bridgehead atoms. The predicted octanol–water partition coefficient (Wildman–Crippen LogP) is 2.79. The van der Waals surface area contributed by atoms with Crippen LogP contribution in [0.25, 0.3) is 0 Å². The maximum absolute atomic E-state index is 12.9. The van der Waals surface area contributed by atoms with Crippen LogP contribution in [0.1, 0.15) is 48.1 Å². The van der Waals surface area contributed by atoms with Crippen molar-refractivity contribution in [3.05, 3.63) is 71.8 Å². The highest BCUT2D eigenvalue weighted by molar-refractivity contribution is 5.97. The molecule has 2 atom stereocenters. The van der Waals surface area contributed by atoms with Crippen LogP contribution < -0.4 is 16.4 Å². The van der Waals surface area contributed by atoms with Gasteiger partial charge in [-0.25, -0.2) is 0 Å². The standard InChI is InChI=1S/C21H27N3O2/c1-2-3-14-18(15-22)23-21(26)19(16-10-6-4-7-11-16)24-20(25)17-12-8-5-9-13-17/h4-13,18-19H,2-3,14-15,22H2,1H3,(H,23,26)(H,24,25). The Labute approximate surface area is 155 Å². The van der Waals surface area contributed by atoms with Gasteiger partial charge in [0.05, 0.1) is 0 Å². The molecule has 0 fully saturated rings. The largest absolute Gasteiger partial charge is 0.350 e. The van der Waals surface area contributed by atoms with Gasteiger partial charge in [-0.3, -0.25) is 9.59 Å². The van der Waals surface area contributed by atoms with Gasteiger partial charge in [-0.15, -0.1) is 0 Å². The van der Waals surface area contributed by atoms with Crippen LogP contribution in [0.15, 0.2) is 60.7 Å². The minimum Gasteiger partial charge on any atom is -0.350 e. The number of amides is 2. The third-order valence-corrected chi connectivity index (χ3v) is 4.24. The maximum Gasteiger partial charge on any atom is 0.252 e. The molecule has 0 aliphatic carbocycles. The lowest BCUT2D eigenvalue weighted by Crippen LogP contribution is -2.46. The SMILES string of the molecule is CCCCC(CN)NC(=O)C(NC(=O)c1ccccc1)c1ccccc1. The first kappa shape index (κ1) is 19.7. The number of hydrogen-bond donors (Lipinski definition) is 3. The van der Waals surface area contributed by atoms with Gasteiger partial charge in [0.1, 0.15) is 6.04 Å². The molecule has 26 heavy (non-hydrogen) atoms. The number of carbonyl (C=O) groups excluding carboxylic acids is 2. The predicted molar refractivity (Wildman–Crippen MR) is 104 cm³/mol. The minimum atomic E-state index is -0.764. The van der Waals surface area contributed by atoms with E-state index in [1.54, 1.807) is 24.3 Å². The van der Waals surface area contributed by atoms with Crippen LogP contribution >= 0.6 is 0 Å². The van der Waals surface area contributed by atoms with Crippen LogP contribution in [0.5, 0.6) is 0 Å². The monoisotopic (exact) mass is 353 g/mol. The molecule has 0 saturated heterocycles. The molecule has 0 aliphatic heterocycles. The summed E-state index contributed by atoms with van der Waals surface area (Å²) in [5.74, 6) is -0.528. The molecule has 2 aromatic carbocycles. The van der Waals surface area contributed by atoms with Crippen molar-refractivity contribution in [3.63, 3.8) is 0 Å². The Morgan fingerprint density at radius 2 is 1.58 bits per heavy atom. The van der Waals surface area contributed by atoms with E-state index < -0.39 is 6.04 Å². The Morgan fingerprint density at radius 3 is 2.15 bits per heavy atom. The molecule has 0 spiro atoms. The molecule has 138 valence electrons. The lowest BCUT2D eigenvalue weighted by molar-refractivity contribution is -0.123. The Hall–Kier alpha value is -2.66. The molecule has 5 heteroatoms. The fraction of sp³-hybridized carbons (Fsp3) is 0.333. The zero-order valence-electron chi connectivity index (χ0n) is 15.2. The molecule has 0 radical (unpaired) electrons. The van der Waals surface area contributed by atoms with E-state index in [0.717, 1.165) is 24.8 Å². The second-order valence-corrected chi connectivity index (χ2v) is 6.27. The third-order valence-electron chi connectivity index (χ3n) is 4.24. The van der Waals surface area contributed by atoms with Crippen molar-refractivity contribution in [1.29, 1.82) is 0 Å². The summed E-state index contributed by atoms with van der Waals surface area (Å²) in [6.07, 6.45) is 2.86. The second kappa shape index (κ2) is 10.4. The van der Waals surface area contributed by atoms with Gasteiger partial charge in [-0.05, 0) is 24.1 Å². The zero-order chi connectivity index (χ0) is 18.8. The van der Waals surface area contributed by atoms with E-state index in [1.165, 1.54) is 0 Å². The fourth-order valence-electron chi connectivity index (χ4n) is 2.73. The van der Waals surface area contributed by atoms with E-state index in [2.05, 4.69) is 17.6 Å². The van der Waals surface area contributed by atoms with Gasteiger partial charge in [0.2, 0.25) is 5.91 Å². The van der Waals surface area contributed by atoms with Gasteiger partial charge in [-0.1, -0.05) is 68.3 Å². The Bertz CT molecular complexity index is 689. The van der Waals surface area contributed by atoms with Crippen molar-refractivity contribution in [3.8, 4) is 0 Å². The van der Waals surface area contributed by atoms with Crippen LogP contribution in [0, 0.1) is 0 Å². The van der Waals surface area contributed by atoms with E-state index in [4.69, 9.17) is 5.73 Å². The fourth-order valence-corrected chi connectivity index (χ4v) is 2.73. The van der Waals surface area contributed by atoms with Gasteiger partial charge < -0.3 is 16.4 Å². The van der Waals surface area contributed by atoms with Gasteiger partial charge in [0.15, 0.2) is 0 Å². The topological polar surface area (TPSA) is 84.2 Å². The first-order valence-corrected chi connectivity index (χ1v) is 9.07. The van der Waals surface area contributed by atoms with Crippen LogP contribution in [-0.2, 0) is 4.79 Å². The Kier molecular flexibility index (Phi) is 7.83. The normalized spacial score (nSPS) is 12.8.